The van der Waals surface area contributed by atoms with Crippen molar-refractivity contribution >= 4 is 11.7 Å². The van der Waals surface area contributed by atoms with E-state index in [0.717, 1.165) is 44.1 Å². The largest absolute Gasteiger partial charge is 0.383 e. The number of hydrogen-bond acceptors (Lipinski definition) is 6. The van der Waals surface area contributed by atoms with Gasteiger partial charge in [-0.15, -0.1) is 0 Å². The van der Waals surface area contributed by atoms with Crippen molar-refractivity contribution in [3.8, 4) is 0 Å². The number of carbonyl (C=O) groups excluding carboxylic acids is 1. The molecule has 1 aromatic rings. The summed E-state index contributed by atoms with van der Waals surface area (Å²) in [5, 5.41) is 2.79. The van der Waals surface area contributed by atoms with Crippen LogP contribution in [-0.2, 0) is 16.1 Å². The lowest BCUT2D eigenvalue weighted by atomic mass is 10.2. The molecule has 0 saturated carbocycles. The van der Waals surface area contributed by atoms with Crippen LogP contribution in [0.25, 0.3) is 0 Å². The van der Waals surface area contributed by atoms with E-state index in [9.17, 15) is 4.79 Å². The Morgan fingerprint density at radius 2 is 2.13 bits per heavy atom. The van der Waals surface area contributed by atoms with Gasteiger partial charge in [0.2, 0.25) is 5.91 Å². The average molecular weight is 321 g/mol. The van der Waals surface area contributed by atoms with Crippen molar-refractivity contribution in [3.63, 3.8) is 0 Å². The first-order chi connectivity index (χ1) is 11.1. The zero-order valence-corrected chi connectivity index (χ0v) is 14.0. The lowest BCUT2D eigenvalue weighted by molar-refractivity contribution is -0.123. The Kier molecular flexibility index (Phi) is 6.76. The highest BCUT2D eigenvalue weighted by atomic mass is 16.5. The number of methoxy groups -OCH3 is 1. The second kappa shape index (κ2) is 8.81. The first kappa shape index (κ1) is 17.7. The Morgan fingerprint density at radius 3 is 2.70 bits per heavy atom. The quantitative estimate of drug-likeness (QED) is 0.724. The monoisotopic (exact) mass is 321 g/mol. The van der Waals surface area contributed by atoms with E-state index in [0.29, 0.717) is 6.54 Å². The summed E-state index contributed by atoms with van der Waals surface area (Å²) in [7, 11) is 1.52. The first-order valence-corrected chi connectivity index (χ1v) is 8.08. The smallest absolute Gasteiger partial charge is 0.239 e. The summed E-state index contributed by atoms with van der Waals surface area (Å²) in [6, 6.07) is 3.37. The van der Waals surface area contributed by atoms with Crippen LogP contribution in [0.3, 0.4) is 0 Å². The number of carbonyl (C=O) groups is 1. The maximum absolute atomic E-state index is 11.7. The highest BCUT2D eigenvalue weighted by molar-refractivity contribution is 5.81. The average Bonchev–Trinajstić information content (AvgIpc) is 2.60. The number of likely N-dealkylation sites (N-methyl/N-ethyl adjacent to an activating group) is 1. The first-order valence-electron chi connectivity index (χ1n) is 8.08. The van der Waals surface area contributed by atoms with Crippen molar-refractivity contribution in [1.29, 1.82) is 0 Å². The van der Waals surface area contributed by atoms with Crippen LogP contribution in [0.15, 0.2) is 18.3 Å². The second-order valence-corrected chi connectivity index (χ2v) is 5.73. The second-order valence-electron chi connectivity index (χ2n) is 5.73. The van der Waals surface area contributed by atoms with Crippen LogP contribution in [0.5, 0.6) is 0 Å². The topological polar surface area (TPSA) is 83.7 Å². The molecule has 0 aliphatic carbocycles. The molecular formula is C16H27N5O2. The minimum Gasteiger partial charge on any atom is -0.383 e. The third-order valence-corrected chi connectivity index (χ3v) is 4.10. The molecule has 1 aliphatic rings. The fourth-order valence-corrected chi connectivity index (χ4v) is 2.58. The molecule has 3 N–H and O–H groups in total. The molecule has 1 amide bonds. The van der Waals surface area contributed by atoms with E-state index in [2.05, 4.69) is 27.0 Å². The number of aromatic nitrogens is 1. The molecule has 0 aromatic carbocycles. The summed E-state index contributed by atoms with van der Waals surface area (Å²) >= 11 is 0. The van der Waals surface area contributed by atoms with Gasteiger partial charge in [-0.2, -0.15) is 0 Å². The third kappa shape index (κ3) is 5.16. The zero-order valence-electron chi connectivity index (χ0n) is 14.0. The van der Waals surface area contributed by atoms with Crippen LogP contribution >= 0.6 is 0 Å². The number of ether oxygens (including phenoxy) is 1. The van der Waals surface area contributed by atoms with Gasteiger partial charge in [0.15, 0.2) is 0 Å². The van der Waals surface area contributed by atoms with E-state index >= 15 is 0 Å². The van der Waals surface area contributed by atoms with Crippen molar-refractivity contribution in [1.82, 2.24) is 15.2 Å². The summed E-state index contributed by atoms with van der Waals surface area (Å²) < 4.78 is 4.87. The number of nitrogens with one attached hydrogen (secondary N) is 1. The van der Waals surface area contributed by atoms with E-state index in [-0.39, 0.29) is 12.5 Å². The molecule has 1 aromatic heterocycles. The number of piperazine rings is 1. The molecule has 128 valence electrons. The molecule has 2 rings (SSSR count). The van der Waals surface area contributed by atoms with Crippen molar-refractivity contribution in [2.45, 2.75) is 19.5 Å². The zero-order chi connectivity index (χ0) is 16.7. The molecule has 0 bridgehead atoms. The van der Waals surface area contributed by atoms with Crippen molar-refractivity contribution in [2.24, 2.45) is 5.73 Å². The van der Waals surface area contributed by atoms with Crippen LogP contribution in [0.4, 0.5) is 5.82 Å². The molecule has 7 heteroatoms. The van der Waals surface area contributed by atoms with Gasteiger partial charge >= 0.3 is 0 Å². The maximum Gasteiger partial charge on any atom is 0.239 e. The van der Waals surface area contributed by atoms with E-state index < -0.39 is 6.04 Å². The Hall–Kier alpha value is -1.70. The van der Waals surface area contributed by atoms with Crippen LogP contribution in [0.2, 0.25) is 0 Å². The molecule has 2 heterocycles. The van der Waals surface area contributed by atoms with Gasteiger partial charge in [-0.3, -0.25) is 4.79 Å². The van der Waals surface area contributed by atoms with Crippen molar-refractivity contribution in [3.05, 3.63) is 23.9 Å². The number of nitrogens with two attached hydrogens (primary N) is 1. The standard InChI is InChI=1S/C16H27N5O2/c1-3-20-6-8-21(9-7-20)15-5-4-13(10-18-15)11-19-16(22)14(17)12-23-2/h4-5,10,14H,3,6-9,11-12,17H2,1-2H3,(H,19,22). The molecule has 1 saturated heterocycles. The molecule has 1 fully saturated rings. The van der Waals surface area contributed by atoms with E-state index in [1.165, 1.54) is 7.11 Å². The number of anilines is 1. The minimum atomic E-state index is -0.637. The predicted octanol–water partition coefficient (Wildman–Crippen LogP) is -0.187. The van der Waals surface area contributed by atoms with Crippen LogP contribution in [0.1, 0.15) is 12.5 Å². The molecule has 7 nitrogen and oxygen atoms in total. The van der Waals surface area contributed by atoms with E-state index in [4.69, 9.17) is 10.5 Å². The molecule has 1 atom stereocenters. The highest BCUT2D eigenvalue weighted by Crippen LogP contribution is 2.14. The van der Waals surface area contributed by atoms with Gasteiger partial charge in [0, 0.05) is 46.0 Å². The highest BCUT2D eigenvalue weighted by Gasteiger charge is 2.17. The van der Waals surface area contributed by atoms with Gasteiger partial charge in [0.25, 0.3) is 0 Å². The Labute approximate surface area is 137 Å². The molecule has 23 heavy (non-hydrogen) atoms. The maximum atomic E-state index is 11.7. The van der Waals surface area contributed by atoms with Gasteiger partial charge in [-0.05, 0) is 18.2 Å². The van der Waals surface area contributed by atoms with Gasteiger partial charge in [0.1, 0.15) is 11.9 Å². The SMILES string of the molecule is CCN1CCN(c2ccc(CNC(=O)C(N)COC)cn2)CC1. The lowest BCUT2D eigenvalue weighted by Gasteiger charge is -2.34. The van der Waals surface area contributed by atoms with Gasteiger partial charge in [-0.1, -0.05) is 13.0 Å². The Balaban J connectivity index is 1.82. The molecule has 1 aliphatic heterocycles. The normalized spacial score (nSPS) is 17.1. The summed E-state index contributed by atoms with van der Waals surface area (Å²) in [5.41, 5.74) is 6.63. The summed E-state index contributed by atoms with van der Waals surface area (Å²) in [6.45, 7) is 8.09. The van der Waals surface area contributed by atoms with Crippen LogP contribution in [0, 0.1) is 0 Å². The Morgan fingerprint density at radius 1 is 1.39 bits per heavy atom. The van der Waals surface area contributed by atoms with Crippen LogP contribution < -0.4 is 16.0 Å². The van der Waals surface area contributed by atoms with Crippen molar-refractivity contribution in [2.75, 3.05) is 51.3 Å². The van der Waals surface area contributed by atoms with Gasteiger partial charge < -0.3 is 25.6 Å². The van der Waals surface area contributed by atoms with Gasteiger partial charge in [0.05, 0.1) is 6.61 Å². The number of hydrogen-bond donors (Lipinski definition) is 2. The fourth-order valence-electron chi connectivity index (χ4n) is 2.58. The number of amides is 1. The Bertz CT molecular complexity index is 486. The molecule has 1 unspecified atom stereocenters. The van der Waals surface area contributed by atoms with Gasteiger partial charge in [-0.25, -0.2) is 4.98 Å². The lowest BCUT2D eigenvalue weighted by Crippen LogP contribution is -2.46. The fraction of sp³-hybridized carbons (Fsp3) is 0.625. The third-order valence-electron chi connectivity index (χ3n) is 4.10. The molecule has 0 spiro atoms. The predicted molar refractivity (Wildman–Crippen MR) is 90.3 cm³/mol. The van der Waals surface area contributed by atoms with Crippen LogP contribution in [-0.4, -0.2) is 68.3 Å². The number of rotatable bonds is 7. The van der Waals surface area contributed by atoms with Crippen molar-refractivity contribution < 1.29 is 9.53 Å². The number of nitrogens with zero attached hydrogens (tertiary/aromatic N) is 3. The summed E-state index contributed by atoms with van der Waals surface area (Å²) in [5.74, 6) is 0.776. The van der Waals surface area contributed by atoms with E-state index in [1.54, 1.807) is 0 Å². The summed E-state index contributed by atoms with van der Waals surface area (Å²) in [4.78, 5) is 21.0. The minimum absolute atomic E-state index is 0.215. The molecular weight excluding hydrogens is 294 g/mol. The van der Waals surface area contributed by atoms with E-state index in [1.807, 2.05) is 18.3 Å². The number of pyridine rings is 1. The summed E-state index contributed by atoms with van der Waals surface area (Å²) in [6.07, 6.45) is 1.81. The molecule has 0 radical (unpaired) electrons.